The molecule has 6 aromatic carbocycles. The van der Waals surface area contributed by atoms with Gasteiger partial charge in [-0.1, -0.05) is 119 Å². The Morgan fingerprint density at radius 3 is 1.59 bits per heavy atom. The van der Waals surface area contributed by atoms with E-state index < -0.39 is 0 Å². The van der Waals surface area contributed by atoms with Crippen LogP contribution >= 0.6 is 0 Å². The van der Waals surface area contributed by atoms with Crippen molar-refractivity contribution in [3.05, 3.63) is 144 Å². The minimum Gasteiger partial charge on any atom is -0.454 e. The van der Waals surface area contributed by atoms with Crippen LogP contribution in [-0.2, 0) is 10.8 Å². The Morgan fingerprint density at radius 1 is 0.522 bits per heavy atom. The first-order valence-corrected chi connectivity index (χ1v) is 16.1. The summed E-state index contributed by atoms with van der Waals surface area (Å²) in [6.07, 6.45) is 0. The summed E-state index contributed by atoms with van der Waals surface area (Å²) in [6, 6.07) is 43.8. The summed E-state index contributed by atoms with van der Waals surface area (Å²) in [5.41, 5.74) is 15.8. The molecule has 0 amide bonds. The summed E-state index contributed by atoms with van der Waals surface area (Å²) in [6.45, 7) is 9.32. The van der Waals surface area contributed by atoms with Gasteiger partial charge in [-0.05, 0) is 80.3 Å². The molecule has 46 heavy (non-hydrogen) atoms. The van der Waals surface area contributed by atoms with Gasteiger partial charge in [0, 0.05) is 33.0 Å². The van der Waals surface area contributed by atoms with Crippen molar-refractivity contribution in [3.63, 3.8) is 0 Å². The third-order valence-corrected chi connectivity index (χ3v) is 10.6. The molecule has 3 nitrogen and oxygen atoms in total. The van der Waals surface area contributed by atoms with E-state index in [1.807, 2.05) is 12.1 Å². The zero-order chi connectivity index (χ0) is 31.4. The quantitative estimate of drug-likeness (QED) is 0.206. The summed E-state index contributed by atoms with van der Waals surface area (Å²) in [5.74, 6) is 0. The van der Waals surface area contributed by atoms with Crippen LogP contribution in [0.3, 0.4) is 0 Å². The smallest absolute Gasteiger partial charge is 0.308 e. The topological polar surface area (TPSA) is 36.6 Å². The monoisotopic (exact) mass is 595 g/mol. The van der Waals surface area contributed by atoms with E-state index in [1.165, 1.54) is 44.5 Å². The van der Waals surface area contributed by atoms with Crippen LogP contribution in [0, 0.1) is 0 Å². The summed E-state index contributed by atoms with van der Waals surface area (Å²) in [7, 11) is -0.0723. The van der Waals surface area contributed by atoms with Gasteiger partial charge < -0.3 is 14.3 Å². The van der Waals surface area contributed by atoms with Crippen molar-refractivity contribution < 1.29 is 9.44 Å². The van der Waals surface area contributed by atoms with Crippen LogP contribution in [0.15, 0.2) is 126 Å². The molecule has 0 spiro atoms. The van der Waals surface area contributed by atoms with Gasteiger partial charge in [-0.25, -0.2) is 0 Å². The van der Waals surface area contributed by atoms with Crippen molar-refractivity contribution in [2.75, 3.05) is 4.90 Å². The van der Waals surface area contributed by atoms with Gasteiger partial charge >= 0.3 is 7.48 Å². The van der Waals surface area contributed by atoms with Crippen LogP contribution in [0.25, 0.3) is 44.2 Å². The lowest BCUT2D eigenvalue weighted by Crippen LogP contribution is -2.18. The average Bonchev–Trinajstić information content (AvgIpc) is 3.66. The zero-order valence-corrected chi connectivity index (χ0v) is 26.6. The third-order valence-electron chi connectivity index (χ3n) is 10.6. The Bertz CT molecular complexity index is 2270. The first-order chi connectivity index (χ1) is 22.3. The van der Waals surface area contributed by atoms with Crippen LogP contribution in [0.1, 0.15) is 49.9 Å². The molecule has 0 saturated carbocycles. The summed E-state index contributed by atoms with van der Waals surface area (Å²) in [4.78, 5) is 2.36. The number of para-hydroxylation sites is 2. The number of benzene rings is 6. The van der Waals surface area contributed by atoms with Gasteiger partial charge in [0.25, 0.3) is 0 Å². The molecule has 0 atom stereocenters. The maximum Gasteiger partial charge on any atom is 0.308 e. The predicted molar refractivity (Wildman–Crippen MR) is 193 cm³/mol. The molecule has 0 bridgehead atoms. The van der Waals surface area contributed by atoms with Crippen LogP contribution in [0.2, 0.25) is 0 Å². The summed E-state index contributed by atoms with van der Waals surface area (Å²) < 4.78 is 6.70. The predicted octanol–water partition coefficient (Wildman–Crippen LogP) is 9.64. The SMILES string of the molecule is CC1(C)c2ccccc2-c2ccc(N(c3ccc4c(c3)C(C)(C)c3ccccc3-4)c3cccc4c3oc3c(BO)cccc34)cc21. The van der Waals surface area contributed by atoms with Crippen molar-refractivity contribution in [2.24, 2.45) is 0 Å². The Morgan fingerprint density at radius 2 is 1.02 bits per heavy atom. The average molecular weight is 596 g/mol. The Balaban J connectivity index is 1.31. The van der Waals surface area contributed by atoms with E-state index in [0.29, 0.717) is 0 Å². The molecule has 1 N–H and O–H groups in total. The van der Waals surface area contributed by atoms with Crippen LogP contribution in [0.5, 0.6) is 0 Å². The molecule has 222 valence electrons. The molecule has 4 heteroatoms. The largest absolute Gasteiger partial charge is 0.454 e. The molecule has 0 aliphatic heterocycles. The van der Waals surface area contributed by atoms with Crippen molar-refractivity contribution in [1.82, 2.24) is 0 Å². The first kappa shape index (κ1) is 27.3. The molecule has 2 aliphatic carbocycles. The molecule has 0 radical (unpaired) electrons. The van der Waals surface area contributed by atoms with Gasteiger partial charge in [-0.3, -0.25) is 0 Å². The number of nitrogens with zero attached hydrogens (tertiary/aromatic N) is 1. The third kappa shape index (κ3) is 3.59. The molecule has 0 unspecified atom stereocenters. The molecule has 7 aromatic rings. The fourth-order valence-corrected chi connectivity index (χ4v) is 8.25. The highest BCUT2D eigenvalue weighted by molar-refractivity contribution is 6.50. The highest BCUT2D eigenvalue weighted by Gasteiger charge is 2.38. The molecular weight excluding hydrogens is 561 g/mol. The molecule has 0 fully saturated rings. The van der Waals surface area contributed by atoms with E-state index >= 15 is 0 Å². The number of rotatable bonds is 4. The maximum absolute atomic E-state index is 10.2. The van der Waals surface area contributed by atoms with E-state index in [9.17, 15) is 5.02 Å². The van der Waals surface area contributed by atoms with Gasteiger partial charge in [-0.15, -0.1) is 0 Å². The number of hydrogen-bond donors (Lipinski definition) is 1. The highest BCUT2D eigenvalue weighted by atomic mass is 16.3. The van der Waals surface area contributed by atoms with Gasteiger partial charge in [0.1, 0.15) is 5.58 Å². The molecule has 1 aromatic heterocycles. The lowest BCUT2D eigenvalue weighted by atomic mass is 9.82. The normalized spacial score (nSPS) is 15.0. The summed E-state index contributed by atoms with van der Waals surface area (Å²) in [5, 5.41) is 12.2. The minimum absolute atomic E-state index is 0.0723. The van der Waals surface area contributed by atoms with Crippen LogP contribution < -0.4 is 10.4 Å². The van der Waals surface area contributed by atoms with Crippen molar-refractivity contribution in [3.8, 4) is 22.3 Å². The molecular formula is C42H34BNO2. The van der Waals surface area contributed by atoms with Crippen LogP contribution in [-0.4, -0.2) is 12.5 Å². The Labute approximate surface area is 270 Å². The lowest BCUT2D eigenvalue weighted by molar-refractivity contribution is 0.613. The zero-order valence-electron chi connectivity index (χ0n) is 26.6. The lowest BCUT2D eigenvalue weighted by Gasteiger charge is -2.29. The second-order valence-electron chi connectivity index (χ2n) is 13.8. The second kappa shape index (κ2) is 9.48. The van der Waals surface area contributed by atoms with Gasteiger partial charge in [0.15, 0.2) is 5.58 Å². The summed E-state index contributed by atoms with van der Waals surface area (Å²) >= 11 is 0. The van der Waals surface area contributed by atoms with Gasteiger partial charge in [-0.2, -0.15) is 0 Å². The van der Waals surface area contributed by atoms with Crippen LogP contribution in [0.4, 0.5) is 17.1 Å². The van der Waals surface area contributed by atoms with Crippen molar-refractivity contribution in [2.45, 2.75) is 38.5 Å². The Kier molecular flexibility index (Phi) is 5.62. The molecule has 1 heterocycles. The standard InChI is InChI=1S/C42H34BNO2/c1-41(2)33-15-7-5-11-27(33)29-21-19-25(23-35(29)41)44(26-20-22-30-28-12-6-8-16-34(28)42(3,4)36(30)24-26)38-18-10-14-32-31-13-9-17-37(43-45)39(31)46-40(32)38/h5-24,43,45H,1-4H3. The highest BCUT2D eigenvalue weighted by Crippen LogP contribution is 2.53. The van der Waals surface area contributed by atoms with E-state index in [1.54, 1.807) is 0 Å². The Hall–Kier alpha value is -5.06. The fraction of sp³-hybridized carbons (Fsp3) is 0.143. The van der Waals surface area contributed by atoms with Gasteiger partial charge in [0.2, 0.25) is 0 Å². The fourth-order valence-electron chi connectivity index (χ4n) is 8.25. The van der Waals surface area contributed by atoms with Crippen molar-refractivity contribution in [1.29, 1.82) is 0 Å². The molecule has 9 rings (SSSR count). The number of furan rings is 1. The minimum atomic E-state index is -0.128. The number of anilines is 3. The van der Waals surface area contributed by atoms with E-state index in [-0.39, 0.29) is 18.3 Å². The second-order valence-corrected chi connectivity index (χ2v) is 13.8. The van der Waals surface area contributed by atoms with E-state index in [4.69, 9.17) is 4.42 Å². The van der Waals surface area contributed by atoms with Crippen molar-refractivity contribution >= 4 is 51.9 Å². The first-order valence-electron chi connectivity index (χ1n) is 16.1. The maximum atomic E-state index is 10.2. The molecule has 0 saturated heterocycles. The number of hydrogen-bond acceptors (Lipinski definition) is 3. The molecule has 2 aliphatic rings. The van der Waals surface area contributed by atoms with Gasteiger partial charge in [0.05, 0.1) is 5.69 Å². The van der Waals surface area contributed by atoms with E-state index in [2.05, 4.69) is 142 Å². The number of fused-ring (bicyclic) bond motifs is 9. The van der Waals surface area contributed by atoms with E-state index in [0.717, 1.165) is 44.5 Å².